The molecule has 1 amide bonds. The maximum atomic E-state index is 12.0. The highest BCUT2D eigenvalue weighted by Gasteiger charge is 2.03. The van der Waals surface area contributed by atoms with Crippen LogP contribution in [0.3, 0.4) is 0 Å². The fourth-order valence-electron chi connectivity index (χ4n) is 2.58. The van der Waals surface area contributed by atoms with Crippen LogP contribution in [0.5, 0.6) is 11.5 Å². The van der Waals surface area contributed by atoms with Gasteiger partial charge in [0.05, 0.1) is 19.9 Å². The molecular formula is C20H21N3O3. The van der Waals surface area contributed by atoms with E-state index in [-0.39, 0.29) is 5.91 Å². The Morgan fingerprint density at radius 1 is 1.19 bits per heavy atom. The molecule has 1 N–H and O–H groups in total. The van der Waals surface area contributed by atoms with Gasteiger partial charge in [-0.2, -0.15) is 0 Å². The number of carbonyl (C=O) groups is 1. The number of hydrogen-bond acceptors (Lipinski definition) is 4. The summed E-state index contributed by atoms with van der Waals surface area (Å²) in [6.07, 6.45) is 7.83. The van der Waals surface area contributed by atoms with E-state index < -0.39 is 0 Å². The lowest BCUT2D eigenvalue weighted by molar-refractivity contribution is -0.116. The second-order valence-corrected chi connectivity index (χ2v) is 5.72. The van der Waals surface area contributed by atoms with E-state index in [1.165, 1.54) is 6.08 Å². The van der Waals surface area contributed by atoms with E-state index in [9.17, 15) is 4.79 Å². The van der Waals surface area contributed by atoms with Gasteiger partial charge in [0.25, 0.3) is 0 Å². The third-order valence-corrected chi connectivity index (χ3v) is 3.90. The molecule has 1 aromatic carbocycles. The molecule has 0 aliphatic heterocycles. The number of methoxy groups -OCH3 is 2. The van der Waals surface area contributed by atoms with Crippen LogP contribution in [-0.2, 0) is 11.2 Å². The Hall–Kier alpha value is -3.28. The Morgan fingerprint density at radius 2 is 1.96 bits per heavy atom. The van der Waals surface area contributed by atoms with E-state index in [0.29, 0.717) is 24.5 Å². The topological polar surface area (TPSA) is 64.9 Å². The van der Waals surface area contributed by atoms with Crippen molar-refractivity contribution in [3.05, 3.63) is 66.1 Å². The number of carbonyl (C=O) groups excluding carboxylic acids is 1. The Morgan fingerprint density at radius 3 is 2.65 bits per heavy atom. The minimum absolute atomic E-state index is 0.157. The van der Waals surface area contributed by atoms with E-state index in [4.69, 9.17) is 9.47 Å². The fourth-order valence-corrected chi connectivity index (χ4v) is 2.58. The van der Waals surface area contributed by atoms with Crippen molar-refractivity contribution in [2.75, 3.05) is 20.8 Å². The van der Waals surface area contributed by atoms with Gasteiger partial charge in [-0.15, -0.1) is 0 Å². The predicted octanol–water partition coefficient (Wildman–Crippen LogP) is 2.72. The first-order valence-electron chi connectivity index (χ1n) is 8.29. The summed E-state index contributed by atoms with van der Waals surface area (Å²) in [6.45, 7) is 0.522. The zero-order chi connectivity index (χ0) is 18.4. The Kier molecular flexibility index (Phi) is 5.53. The normalized spacial score (nSPS) is 11.0. The van der Waals surface area contributed by atoms with Gasteiger partial charge in [-0.1, -0.05) is 6.07 Å². The van der Waals surface area contributed by atoms with Crippen molar-refractivity contribution in [3.8, 4) is 11.5 Å². The predicted molar refractivity (Wildman–Crippen MR) is 100 cm³/mol. The Balaban J connectivity index is 1.54. The number of nitrogens with one attached hydrogen (secondary N) is 1. The van der Waals surface area contributed by atoms with Crippen LogP contribution in [0, 0.1) is 0 Å². The first-order valence-corrected chi connectivity index (χ1v) is 8.29. The van der Waals surface area contributed by atoms with Crippen molar-refractivity contribution in [3.63, 3.8) is 0 Å². The average molecular weight is 351 g/mol. The van der Waals surface area contributed by atoms with Gasteiger partial charge in [-0.25, -0.2) is 4.98 Å². The molecule has 0 radical (unpaired) electrons. The summed E-state index contributed by atoms with van der Waals surface area (Å²) in [5.74, 6) is 1.20. The van der Waals surface area contributed by atoms with Crippen LogP contribution >= 0.6 is 0 Å². The first-order chi connectivity index (χ1) is 12.7. The standard InChI is InChI=1S/C20H21N3O3/c1-25-17-11-15(12-18(13-17)26-2)6-7-20(24)21-9-8-16-14-23-10-4-3-5-19(23)22-16/h3-7,10-14H,8-9H2,1-2H3,(H,21,24)/b7-6+. The smallest absolute Gasteiger partial charge is 0.244 e. The van der Waals surface area contributed by atoms with Gasteiger partial charge in [0.1, 0.15) is 17.1 Å². The minimum atomic E-state index is -0.157. The summed E-state index contributed by atoms with van der Waals surface area (Å²) in [7, 11) is 3.18. The number of amides is 1. The summed E-state index contributed by atoms with van der Waals surface area (Å²) in [6, 6.07) is 11.3. The molecule has 0 saturated heterocycles. The number of nitrogens with zero attached hydrogens (tertiary/aromatic N) is 2. The zero-order valence-electron chi connectivity index (χ0n) is 14.8. The highest BCUT2D eigenvalue weighted by Crippen LogP contribution is 2.23. The fraction of sp³-hybridized carbons (Fsp3) is 0.200. The summed E-state index contributed by atoms with van der Waals surface area (Å²) in [5, 5.41) is 2.87. The maximum Gasteiger partial charge on any atom is 0.244 e. The molecule has 0 bridgehead atoms. The van der Waals surface area contributed by atoms with Crippen LogP contribution in [0.25, 0.3) is 11.7 Å². The van der Waals surface area contributed by atoms with Crippen LogP contribution in [0.4, 0.5) is 0 Å². The van der Waals surface area contributed by atoms with Gasteiger partial charge in [-0.05, 0) is 35.9 Å². The highest BCUT2D eigenvalue weighted by atomic mass is 16.5. The largest absolute Gasteiger partial charge is 0.497 e. The number of rotatable bonds is 7. The van der Waals surface area contributed by atoms with Crippen LogP contribution in [-0.4, -0.2) is 36.1 Å². The van der Waals surface area contributed by atoms with Gasteiger partial charge < -0.3 is 19.2 Å². The third-order valence-electron chi connectivity index (χ3n) is 3.90. The van der Waals surface area contributed by atoms with Gasteiger partial charge in [0, 0.05) is 37.5 Å². The molecular weight excluding hydrogens is 330 g/mol. The van der Waals surface area contributed by atoms with E-state index in [0.717, 1.165) is 16.9 Å². The summed E-state index contributed by atoms with van der Waals surface area (Å²) in [4.78, 5) is 16.5. The number of imidazole rings is 1. The van der Waals surface area contributed by atoms with E-state index in [1.54, 1.807) is 26.4 Å². The molecule has 3 aromatic rings. The van der Waals surface area contributed by atoms with Crippen molar-refractivity contribution in [2.24, 2.45) is 0 Å². The maximum absolute atomic E-state index is 12.0. The third kappa shape index (κ3) is 4.42. The minimum Gasteiger partial charge on any atom is -0.497 e. The number of fused-ring (bicyclic) bond motifs is 1. The van der Waals surface area contributed by atoms with Crippen LogP contribution in [0.2, 0.25) is 0 Å². The number of aromatic nitrogens is 2. The van der Waals surface area contributed by atoms with Crippen LogP contribution in [0.1, 0.15) is 11.3 Å². The van der Waals surface area contributed by atoms with Crippen LogP contribution < -0.4 is 14.8 Å². The molecule has 26 heavy (non-hydrogen) atoms. The average Bonchev–Trinajstić information content (AvgIpc) is 3.08. The van der Waals surface area contributed by atoms with Crippen molar-refractivity contribution in [1.29, 1.82) is 0 Å². The molecule has 0 aliphatic carbocycles. The molecule has 6 heteroatoms. The van der Waals surface area contributed by atoms with Gasteiger partial charge >= 0.3 is 0 Å². The lowest BCUT2D eigenvalue weighted by atomic mass is 10.2. The number of ether oxygens (including phenoxy) is 2. The quantitative estimate of drug-likeness (QED) is 0.665. The Labute approximate surface area is 152 Å². The molecule has 3 rings (SSSR count). The van der Waals surface area contributed by atoms with E-state index in [2.05, 4.69) is 10.3 Å². The molecule has 0 aliphatic rings. The van der Waals surface area contributed by atoms with Crippen molar-refractivity contribution >= 4 is 17.6 Å². The first kappa shape index (κ1) is 17.5. The van der Waals surface area contributed by atoms with E-state index >= 15 is 0 Å². The zero-order valence-corrected chi connectivity index (χ0v) is 14.8. The molecule has 0 unspecified atom stereocenters. The summed E-state index contributed by atoms with van der Waals surface area (Å²) < 4.78 is 12.4. The number of hydrogen-bond donors (Lipinski definition) is 1. The second-order valence-electron chi connectivity index (χ2n) is 5.72. The second kappa shape index (κ2) is 8.20. The molecule has 0 atom stereocenters. The summed E-state index contributed by atoms with van der Waals surface area (Å²) in [5.41, 5.74) is 2.68. The lowest BCUT2D eigenvalue weighted by Crippen LogP contribution is -2.23. The number of pyridine rings is 1. The molecule has 134 valence electrons. The number of benzene rings is 1. The van der Waals surface area contributed by atoms with Gasteiger partial charge in [0.15, 0.2) is 0 Å². The van der Waals surface area contributed by atoms with E-state index in [1.807, 2.05) is 47.1 Å². The SMILES string of the molecule is COc1cc(/C=C/C(=O)NCCc2cn3ccccc3n2)cc(OC)c1. The summed E-state index contributed by atoms with van der Waals surface area (Å²) >= 11 is 0. The van der Waals surface area contributed by atoms with Gasteiger partial charge in [0.2, 0.25) is 5.91 Å². The molecule has 0 saturated carbocycles. The van der Waals surface area contributed by atoms with Crippen molar-refractivity contribution in [2.45, 2.75) is 6.42 Å². The van der Waals surface area contributed by atoms with Crippen molar-refractivity contribution in [1.82, 2.24) is 14.7 Å². The Bertz CT molecular complexity index is 876. The highest BCUT2D eigenvalue weighted by molar-refractivity contribution is 5.91. The molecule has 6 nitrogen and oxygen atoms in total. The molecule has 2 aromatic heterocycles. The lowest BCUT2D eigenvalue weighted by Gasteiger charge is -2.05. The molecule has 2 heterocycles. The molecule has 0 fully saturated rings. The monoisotopic (exact) mass is 351 g/mol. The van der Waals surface area contributed by atoms with Crippen LogP contribution in [0.15, 0.2) is 54.9 Å². The van der Waals surface area contributed by atoms with Gasteiger partial charge in [-0.3, -0.25) is 4.79 Å². The van der Waals surface area contributed by atoms with Crippen molar-refractivity contribution < 1.29 is 14.3 Å². The molecule has 0 spiro atoms.